The molecule has 0 bridgehead atoms. The molecule has 1 N–H and O–H groups in total. The second kappa shape index (κ2) is 6.12. The summed E-state index contributed by atoms with van der Waals surface area (Å²) in [6, 6.07) is 12.9. The first-order valence-electron chi connectivity index (χ1n) is 7.99. The minimum Gasteiger partial charge on any atom is -0.340 e. The second-order valence-corrected chi connectivity index (χ2v) is 7.86. The molecule has 130 valence electrons. The van der Waals surface area contributed by atoms with Crippen LogP contribution in [0.3, 0.4) is 0 Å². The molecule has 0 saturated carbocycles. The van der Waals surface area contributed by atoms with Crippen LogP contribution in [0, 0.1) is 5.82 Å². The number of rotatable bonds is 3. The lowest BCUT2D eigenvalue weighted by Gasteiger charge is -2.33. The fourth-order valence-corrected chi connectivity index (χ4v) is 4.46. The number of anilines is 1. The van der Waals surface area contributed by atoms with Gasteiger partial charge in [-0.15, -0.1) is 0 Å². The van der Waals surface area contributed by atoms with Gasteiger partial charge in [-0.05, 0) is 30.3 Å². The molecule has 4 rings (SSSR count). The van der Waals surface area contributed by atoms with Gasteiger partial charge in [0.15, 0.2) is 0 Å². The third-order valence-corrected chi connectivity index (χ3v) is 6.24. The van der Waals surface area contributed by atoms with E-state index < -0.39 is 15.8 Å². The number of hydrogen-bond acceptors (Lipinski definition) is 4. The molecule has 0 unspecified atom stereocenters. The minimum absolute atomic E-state index is 0.00955. The normalized spacial score (nSPS) is 16.4. The zero-order valence-corrected chi connectivity index (χ0v) is 14.2. The summed E-state index contributed by atoms with van der Waals surface area (Å²) in [7, 11) is -3.68. The predicted molar refractivity (Wildman–Crippen MR) is 93.5 cm³/mol. The first kappa shape index (κ1) is 16.0. The summed E-state index contributed by atoms with van der Waals surface area (Å²) < 4.78 is 40.0. The van der Waals surface area contributed by atoms with Crippen LogP contribution in [0.25, 0.3) is 11.0 Å². The minimum atomic E-state index is -3.68. The molecular formula is C17H17FN4O2S. The highest BCUT2D eigenvalue weighted by molar-refractivity contribution is 7.89. The summed E-state index contributed by atoms with van der Waals surface area (Å²) in [5.41, 5.74) is 1.83. The van der Waals surface area contributed by atoms with E-state index in [2.05, 4.69) is 9.97 Å². The standard InChI is InChI=1S/C17H17FN4O2S/c18-13-4-3-5-14(12-13)25(23,24)22-10-8-21(9-11-22)17-19-15-6-1-2-7-16(15)20-17/h1-7,12H,8-11H2,(H,19,20). The number of hydrogen-bond donors (Lipinski definition) is 1. The van der Waals surface area contributed by atoms with E-state index in [9.17, 15) is 12.8 Å². The second-order valence-electron chi connectivity index (χ2n) is 5.93. The van der Waals surface area contributed by atoms with Gasteiger partial charge in [0.05, 0.1) is 15.9 Å². The van der Waals surface area contributed by atoms with Crippen LogP contribution in [0.4, 0.5) is 10.3 Å². The van der Waals surface area contributed by atoms with E-state index in [0.717, 1.165) is 23.0 Å². The Bertz CT molecular complexity index is 977. The topological polar surface area (TPSA) is 69.3 Å². The fourth-order valence-electron chi connectivity index (χ4n) is 3.01. The van der Waals surface area contributed by atoms with Crippen molar-refractivity contribution >= 4 is 27.0 Å². The highest BCUT2D eigenvalue weighted by Gasteiger charge is 2.29. The van der Waals surface area contributed by atoms with Crippen molar-refractivity contribution < 1.29 is 12.8 Å². The Morgan fingerprint density at radius 3 is 2.48 bits per heavy atom. The van der Waals surface area contributed by atoms with E-state index >= 15 is 0 Å². The summed E-state index contributed by atoms with van der Waals surface area (Å²) in [5, 5.41) is 0. The molecule has 25 heavy (non-hydrogen) atoms. The van der Waals surface area contributed by atoms with Crippen molar-refractivity contribution in [1.29, 1.82) is 0 Å². The van der Waals surface area contributed by atoms with Crippen LogP contribution in [-0.4, -0.2) is 48.9 Å². The quantitative estimate of drug-likeness (QED) is 0.778. The summed E-state index contributed by atoms with van der Waals surface area (Å²) in [4.78, 5) is 9.82. The van der Waals surface area contributed by atoms with Gasteiger partial charge in [-0.3, -0.25) is 0 Å². The molecule has 0 spiro atoms. The number of fused-ring (bicyclic) bond motifs is 1. The predicted octanol–water partition coefficient (Wildman–Crippen LogP) is 2.21. The van der Waals surface area contributed by atoms with Crippen molar-refractivity contribution in [3.63, 3.8) is 0 Å². The molecule has 1 aromatic heterocycles. The molecule has 0 amide bonds. The van der Waals surface area contributed by atoms with Crippen molar-refractivity contribution in [2.24, 2.45) is 0 Å². The van der Waals surface area contributed by atoms with E-state index in [1.165, 1.54) is 22.5 Å². The van der Waals surface area contributed by atoms with Crippen LogP contribution in [0.15, 0.2) is 53.4 Å². The molecule has 1 saturated heterocycles. The molecule has 1 aliphatic heterocycles. The smallest absolute Gasteiger partial charge is 0.243 e. The summed E-state index contributed by atoms with van der Waals surface area (Å²) >= 11 is 0. The number of halogens is 1. The van der Waals surface area contributed by atoms with Gasteiger partial charge in [-0.2, -0.15) is 4.31 Å². The number of sulfonamides is 1. The Morgan fingerprint density at radius 2 is 1.76 bits per heavy atom. The van der Waals surface area contributed by atoms with Gasteiger partial charge >= 0.3 is 0 Å². The maximum atomic E-state index is 13.3. The van der Waals surface area contributed by atoms with Gasteiger partial charge in [-0.1, -0.05) is 18.2 Å². The molecule has 0 radical (unpaired) electrons. The SMILES string of the molecule is O=S(=O)(c1cccc(F)c1)N1CCN(c2nc3ccccc3[nH]2)CC1. The zero-order valence-electron chi connectivity index (χ0n) is 13.4. The average Bonchev–Trinajstić information content (AvgIpc) is 3.06. The Kier molecular flexibility index (Phi) is 3.93. The molecule has 2 aromatic carbocycles. The van der Waals surface area contributed by atoms with Crippen LogP contribution >= 0.6 is 0 Å². The molecule has 0 aliphatic carbocycles. The maximum Gasteiger partial charge on any atom is 0.243 e. The van der Waals surface area contributed by atoms with Gasteiger partial charge in [0.1, 0.15) is 5.82 Å². The lowest BCUT2D eigenvalue weighted by molar-refractivity contribution is 0.382. The lowest BCUT2D eigenvalue weighted by atomic mass is 10.3. The van der Waals surface area contributed by atoms with Crippen molar-refractivity contribution in [3.05, 3.63) is 54.3 Å². The lowest BCUT2D eigenvalue weighted by Crippen LogP contribution is -2.49. The molecule has 1 aliphatic rings. The molecule has 8 heteroatoms. The van der Waals surface area contributed by atoms with E-state index in [0.29, 0.717) is 26.2 Å². The molecule has 6 nitrogen and oxygen atoms in total. The number of aromatic nitrogens is 2. The zero-order chi connectivity index (χ0) is 17.4. The van der Waals surface area contributed by atoms with Gasteiger partial charge in [0.2, 0.25) is 16.0 Å². The number of para-hydroxylation sites is 2. The Labute approximate surface area is 144 Å². The Balaban J connectivity index is 1.51. The third kappa shape index (κ3) is 2.98. The third-order valence-electron chi connectivity index (χ3n) is 4.35. The average molecular weight is 360 g/mol. The van der Waals surface area contributed by atoms with Crippen LogP contribution in [0.5, 0.6) is 0 Å². The van der Waals surface area contributed by atoms with Crippen LogP contribution in [-0.2, 0) is 10.0 Å². The van der Waals surface area contributed by atoms with E-state index in [-0.39, 0.29) is 4.90 Å². The van der Waals surface area contributed by atoms with Crippen molar-refractivity contribution in [2.45, 2.75) is 4.90 Å². The molecule has 3 aromatic rings. The Hall–Kier alpha value is -2.45. The van der Waals surface area contributed by atoms with Crippen LogP contribution in [0.1, 0.15) is 0 Å². The molecular weight excluding hydrogens is 343 g/mol. The van der Waals surface area contributed by atoms with Gasteiger partial charge in [-0.25, -0.2) is 17.8 Å². The number of aromatic amines is 1. The van der Waals surface area contributed by atoms with E-state index in [1.807, 2.05) is 29.2 Å². The van der Waals surface area contributed by atoms with Crippen LogP contribution < -0.4 is 4.90 Å². The molecule has 0 atom stereocenters. The fraction of sp³-hybridized carbons (Fsp3) is 0.235. The number of piperazine rings is 1. The summed E-state index contributed by atoms with van der Waals surface area (Å²) in [5.74, 6) is 0.186. The van der Waals surface area contributed by atoms with Crippen molar-refractivity contribution in [2.75, 3.05) is 31.1 Å². The number of imidazole rings is 1. The Morgan fingerprint density at radius 1 is 1.00 bits per heavy atom. The van der Waals surface area contributed by atoms with E-state index in [1.54, 1.807) is 0 Å². The summed E-state index contributed by atoms with van der Waals surface area (Å²) in [6.45, 7) is 1.70. The first-order chi connectivity index (χ1) is 12.0. The monoisotopic (exact) mass is 360 g/mol. The van der Waals surface area contributed by atoms with Gasteiger partial charge < -0.3 is 9.88 Å². The number of nitrogens with zero attached hydrogens (tertiary/aromatic N) is 3. The van der Waals surface area contributed by atoms with Crippen LogP contribution in [0.2, 0.25) is 0 Å². The highest BCUT2D eigenvalue weighted by Crippen LogP contribution is 2.22. The van der Waals surface area contributed by atoms with Gasteiger partial charge in [0.25, 0.3) is 0 Å². The van der Waals surface area contributed by atoms with Gasteiger partial charge in [0, 0.05) is 26.2 Å². The number of H-pyrrole nitrogens is 1. The van der Waals surface area contributed by atoms with Crippen molar-refractivity contribution in [3.8, 4) is 0 Å². The summed E-state index contributed by atoms with van der Waals surface area (Å²) in [6.07, 6.45) is 0. The molecule has 1 fully saturated rings. The van der Waals surface area contributed by atoms with E-state index in [4.69, 9.17) is 0 Å². The molecule has 2 heterocycles. The highest BCUT2D eigenvalue weighted by atomic mass is 32.2. The maximum absolute atomic E-state index is 13.3. The van der Waals surface area contributed by atoms with Crippen molar-refractivity contribution in [1.82, 2.24) is 14.3 Å². The number of benzene rings is 2. The largest absolute Gasteiger partial charge is 0.340 e. The number of nitrogens with one attached hydrogen (secondary N) is 1. The first-order valence-corrected chi connectivity index (χ1v) is 9.43.